The van der Waals surface area contributed by atoms with Gasteiger partial charge >= 0.3 is 11.9 Å². The minimum atomic E-state index is -0.445. The van der Waals surface area contributed by atoms with Crippen LogP contribution in [0.15, 0.2) is 0 Å². The van der Waals surface area contributed by atoms with E-state index >= 15 is 0 Å². The maximum Gasteiger partial charge on any atom is 0.314 e. The predicted octanol–water partition coefficient (Wildman–Crippen LogP) is 5.89. The van der Waals surface area contributed by atoms with E-state index in [0.29, 0.717) is 23.2 Å². The van der Waals surface area contributed by atoms with Gasteiger partial charge in [0.05, 0.1) is 17.4 Å². The van der Waals surface area contributed by atoms with Gasteiger partial charge in [0.2, 0.25) is 0 Å². The molecule has 8 rings (SSSR count). The van der Waals surface area contributed by atoms with Crippen LogP contribution in [0.1, 0.15) is 97.8 Å². The van der Waals surface area contributed by atoms with Crippen LogP contribution in [0.25, 0.3) is 0 Å². The van der Waals surface area contributed by atoms with E-state index < -0.39 is 5.41 Å². The lowest BCUT2D eigenvalue weighted by Gasteiger charge is -2.58. The third kappa shape index (κ3) is 3.92. The Morgan fingerprint density at radius 3 is 1.94 bits per heavy atom. The Labute approximate surface area is 205 Å². The van der Waals surface area contributed by atoms with Gasteiger partial charge in [0, 0.05) is 0 Å². The topological polar surface area (TPSA) is 61.8 Å². The number of esters is 2. The summed E-state index contributed by atoms with van der Waals surface area (Å²) >= 11 is 0. The summed E-state index contributed by atoms with van der Waals surface area (Å²) in [7, 11) is 0. The lowest BCUT2D eigenvalue weighted by molar-refractivity contribution is -0.207. The SMILES string of the molecule is CCC(C)(C)C(=O)OC1C2CC3CC1CC(C(=O)OCOCC14CC5CC(CC(C5)C1)C4)(C3)C2. The molecular formula is C29H44O5. The summed E-state index contributed by atoms with van der Waals surface area (Å²) in [6, 6.07) is 0. The zero-order chi connectivity index (χ0) is 23.7. The highest BCUT2D eigenvalue weighted by Crippen LogP contribution is 2.62. The van der Waals surface area contributed by atoms with Gasteiger partial charge in [-0.15, -0.1) is 0 Å². The molecule has 0 N–H and O–H groups in total. The van der Waals surface area contributed by atoms with Gasteiger partial charge in [-0.05, 0) is 132 Å². The molecule has 5 nitrogen and oxygen atoms in total. The van der Waals surface area contributed by atoms with Crippen molar-refractivity contribution in [1.29, 1.82) is 0 Å². The van der Waals surface area contributed by atoms with E-state index in [4.69, 9.17) is 14.2 Å². The van der Waals surface area contributed by atoms with Gasteiger partial charge in [0.25, 0.3) is 0 Å². The molecule has 8 fully saturated rings. The molecule has 8 bridgehead atoms. The Morgan fingerprint density at radius 2 is 1.38 bits per heavy atom. The van der Waals surface area contributed by atoms with E-state index in [1.54, 1.807) is 0 Å². The molecule has 190 valence electrons. The molecule has 8 aliphatic rings. The molecule has 0 spiro atoms. The lowest BCUT2D eigenvalue weighted by atomic mass is 9.48. The molecule has 0 radical (unpaired) electrons. The van der Waals surface area contributed by atoms with Crippen LogP contribution in [0, 0.1) is 51.8 Å². The second kappa shape index (κ2) is 8.21. The summed E-state index contributed by atoms with van der Waals surface area (Å²) in [5.41, 5.74) is -0.478. The molecule has 0 aromatic heterocycles. The van der Waals surface area contributed by atoms with Crippen LogP contribution in [-0.4, -0.2) is 31.4 Å². The third-order valence-electron chi connectivity index (χ3n) is 11.1. The predicted molar refractivity (Wildman–Crippen MR) is 127 cm³/mol. The van der Waals surface area contributed by atoms with E-state index in [-0.39, 0.29) is 30.3 Å². The van der Waals surface area contributed by atoms with Crippen molar-refractivity contribution in [2.24, 2.45) is 51.8 Å². The molecule has 2 atom stereocenters. The van der Waals surface area contributed by atoms with Crippen LogP contribution in [0.3, 0.4) is 0 Å². The minimum Gasteiger partial charge on any atom is -0.461 e. The number of hydrogen-bond acceptors (Lipinski definition) is 5. The van der Waals surface area contributed by atoms with Gasteiger partial charge in [0.15, 0.2) is 6.79 Å². The number of hydrogen-bond donors (Lipinski definition) is 0. The highest BCUT2D eigenvalue weighted by molar-refractivity contribution is 5.78. The molecule has 2 unspecified atom stereocenters. The molecule has 0 heterocycles. The number of rotatable bonds is 8. The molecule has 8 saturated carbocycles. The first kappa shape index (κ1) is 23.3. The van der Waals surface area contributed by atoms with Gasteiger partial charge in [-0.1, -0.05) is 6.92 Å². The summed E-state index contributed by atoms with van der Waals surface area (Å²) in [5.74, 6) is 3.75. The Hall–Kier alpha value is -1.10. The second-order valence-corrected chi connectivity index (χ2v) is 14.2. The van der Waals surface area contributed by atoms with E-state index in [9.17, 15) is 9.59 Å². The lowest BCUT2D eigenvalue weighted by Crippen LogP contribution is -2.58. The van der Waals surface area contributed by atoms with Crippen molar-refractivity contribution >= 4 is 11.9 Å². The van der Waals surface area contributed by atoms with Crippen LogP contribution >= 0.6 is 0 Å². The third-order valence-corrected chi connectivity index (χ3v) is 11.1. The maximum atomic E-state index is 13.3. The summed E-state index contributed by atoms with van der Waals surface area (Å²) in [5, 5.41) is 0. The highest BCUT2D eigenvalue weighted by atomic mass is 16.7. The van der Waals surface area contributed by atoms with Crippen LogP contribution in [0.2, 0.25) is 0 Å². The number of ether oxygens (including phenoxy) is 3. The first-order valence-electron chi connectivity index (χ1n) is 14.2. The standard InChI is InChI=1S/C29H44O5/c1-4-27(2,3)25(30)34-24-22-8-21-9-23(24)15-29(13-21,14-22)26(31)33-17-32-16-28-10-18-5-19(11-28)7-20(6-18)12-28/h18-24H,4-17H2,1-3H3. The van der Waals surface area contributed by atoms with E-state index in [1.165, 1.54) is 38.5 Å². The van der Waals surface area contributed by atoms with Crippen molar-refractivity contribution in [3.63, 3.8) is 0 Å². The largest absolute Gasteiger partial charge is 0.461 e. The zero-order valence-electron chi connectivity index (χ0n) is 21.5. The first-order chi connectivity index (χ1) is 16.2. The van der Waals surface area contributed by atoms with E-state index in [1.807, 2.05) is 20.8 Å². The molecule has 8 aliphatic carbocycles. The number of carbonyl (C=O) groups is 2. The van der Waals surface area contributed by atoms with Crippen LogP contribution in [-0.2, 0) is 23.8 Å². The second-order valence-electron chi connectivity index (χ2n) is 14.2. The van der Waals surface area contributed by atoms with Crippen molar-refractivity contribution in [2.45, 2.75) is 104 Å². The van der Waals surface area contributed by atoms with Crippen molar-refractivity contribution in [3.8, 4) is 0 Å². The average molecular weight is 473 g/mol. The quantitative estimate of drug-likeness (QED) is 0.250. The van der Waals surface area contributed by atoms with Crippen molar-refractivity contribution in [1.82, 2.24) is 0 Å². The minimum absolute atomic E-state index is 0.0249. The molecule has 0 aromatic carbocycles. The Bertz CT molecular complexity index is 779. The molecular weight excluding hydrogens is 428 g/mol. The molecule has 34 heavy (non-hydrogen) atoms. The van der Waals surface area contributed by atoms with E-state index in [0.717, 1.165) is 62.9 Å². The smallest absolute Gasteiger partial charge is 0.314 e. The van der Waals surface area contributed by atoms with Crippen LogP contribution in [0.5, 0.6) is 0 Å². The van der Waals surface area contributed by atoms with E-state index in [2.05, 4.69) is 0 Å². The molecule has 5 heteroatoms. The van der Waals surface area contributed by atoms with Gasteiger partial charge in [0.1, 0.15) is 6.10 Å². The summed E-state index contributed by atoms with van der Waals surface area (Å²) in [6.07, 6.45) is 13.7. The fourth-order valence-electron chi connectivity index (χ4n) is 9.82. The Balaban J connectivity index is 1.03. The molecule has 0 amide bonds. The summed E-state index contributed by atoms with van der Waals surface area (Å²) in [4.78, 5) is 26.1. The van der Waals surface area contributed by atoms with Crippen LogP contribution < -0.4 is 0 Å². The highest BCUT2D eigenvalue weighted by Gasteiger charge is 2.60. The van der Waals surface area contributed by atoms with Crippen molar-refractivity contribution in [3.05, 3.63) is 0 Å². The molecule has 0 saturated heterocycles. The van der Waals surface area contributed by atoms with Gasteiger partial charge in [-0.25, -0.2) is 0 Å². The Kier molecular flexibility index (Phi) is 5.63. The monoisotopic (exact) mass is 472 g/mol. The summed E-state index contributed by atoms with van der Waals surface area (Å²) in [6.45, 7) is 6.83. The van der Waals surface area contributed by atoms with Crippen molar-refractivity contribution < 1.29 is 23.8 Å². The van der Waals surface area contributed by atoms with Crippen molar-refractivity contribution in [2.75, 3.05) is 13.4 Å². The maximum absolute atomic E-state index is 13.3. The molecule has 0 aliphatic heterocycles. The fraction of sp³-hybridized carbons (Fsp3) is 0.931. The van der Waals surface area contributed by atoms with Gasteiger partial charge in [-0.3, -0.25) is 9.59 Å². The first-order valence-corrected chi connectivity index (χ1v) is 14.2. The van der Waals surface area contributed by atoms with Crippen LogP contribution in [0.4, 0.5) is 0 Å². The normalized spacial score (nSPS) is 46.0. The number of carbonyl (C=O) groups excluding carboxylic acids is 2. The summed E-state index contributed by atoms with van der Waals surface area (Å²) < 4.78 is 18.0. The van der Waals surface area contributed by atoms with Gasteiger partial charge in [-0.2, -0.15) is 0 Å². The average Bonchev–Trinajstić information content (AvgIpc) is 2.77. The van der Waals surface area contributed by atoms with Gasteiger partial charge < -0.3 is 14.2 Å². The zero-order valence-corrected chi connectivity index (χ0v) is 21.5. The Morgan fingerprint density at radius 1 is 0.824 bits per heavy atom. The molecule has 0 aromatic rings. The fourth-order valence-corrected chi connectivity index (χ4v) is 9.82.